The molecule has 28 heavy (non-hydrogen) atoms. The fourth-order valence-corrected chi connectivity index (χ4v) is 3.71. The SMILES string of the molecule is Cc1cnccc1NCCNC(=O)N1CCC[C@H]1c1ccc(CN(C)C)cc1. The van der Waals surface area contributed by atoms with E-state index < -0.39 is 0 Å². The quantitative estimate of drug-likeness (QED) is 0.722. The average molecular weight is 382 g/mol. The average Bonchev–Trinajstić information content (AvgIpc) is 3.16. The molecule has 0 spiro atoms. The highest BCUT2D eigenvalue weighted by atomic mass is 16.2. The van der Waals surface area contributed by atoms with Gasteiger partial charge in [0.15, 0.2) is 0 Å². The number of aromatic nitrogens is 1. The number of rotatable bonds is 7. The zero-order valence-corrected chi connectivity index (χ0v) is 17.1. The third-order valence-electron chi connectivity index (χ3n) is 5.11. The largest absolute Gasteiger partial charge is 0.383 e. The van der Waals surface area contributed by atoms with Crippen LogP contribution in [0.15, 0.2) is 42.7 Å². The number of benzene rings is 1. The number of amides is 2. The van der Waals surface area contributed by atoms with Crippen LogP contribution in [0.1, 0.15) is 35.6 Å². The highest BCUT2D eigenvalue weighted by Crippen LogP contribution is 2.32. The molecule has 2 heterocycles. The molecule has 0 unspecified atom stereocenters. The van der Waals surface area contributed by atoms with Gasteiger partial charge in [0, 0.05) is 44.3 Å². The minimum absolute atomic E-state index is 0.0214. The van der Waals surface area contributed by atoms with Crippen LogP contribution >= 0.6 is 0 Å². The first kappa shape index (κ1) is 20.1. The van der Waals surface area contributed by atoms with Crippen molar-refractivity contribution in [1.82, 2.24) is 20.1 Å². The fraction of sp³-hybridized carbons (Fsp3) is 0.455. The van der Waals surface area contributed by atoms with Crippen molar-refractivity contribution in [3.63, 3.8) is 0 Å². The van der Waals surface area contributed by atoms with Crippen LogP contribution in [0.2, 0.25) is 0 Å². The molecule has 1 aromatic carbocycles. The molecule has 2 amide bonds. The Balaban J connectivity index is 1.51. The Morgan fingerprint density at radius 2 is 2.00 bits per heavy atom. The van der Waals surface area contributed by atoms with Crippen molar-refractivity contribution in [2.45, 2.75) is 32.4 Å². The van der Waals surface area contributed by atoms with Gasteiger partial charge >= 0.3 is 6.03 Å². The van der Waals surface area contributed by atoms with Gasteiger partial charge in [-0.15, -0.1) is 0 Å². The van der Waals surface area contributed by atoms with E-state index in [9.17, 15) is 4.79 Å². The number of nitrogens with one attached hydrogen (secondary N) is 2. The lowest BCUT2D eigenvalue weighted by Crippen LogP contribution is -2.41. The first-order valence-electron chi connectivity index (χ1n) is 9.97. The van der Waals surface area contributed by atoms with Gasteiger partial charge in [0.1, 0.15) is 0 Å². The van der Waals surface area contributed by atoms with Crippen LogP contribution in [0.3, 0.4) is 0 Å². The number of hydrogen-bond acceptors (Lipinski definition) is 4. The van der Waals surface area contributed by atoms with E-state index in [-0.39, 0.29) is 12.1 Å². The number of pyridine rings is 1. The predicted octanol–water partition coefficient (Wildman–Crippen LogP) is 3.41. The molecule has 1 aliphatic rings. The summed E-state index contributed by atoms with van der Waals surface area (Å²) >= 11 is 0. The maximum Gasteiger partial charge on any atom is 0.317 e. The molecule has 1 aliphatic heterocycles. The fourth-order valence-electron chi connectivity index (χ4n) is 3.71. The summed E-state index contributed by atoms with van der Waals surface area (Å²) in [6.45, 7) is 5.04. The van der Waals surface area contributed by atoms with Crippen molar-refractivity contribution in [1.29, 1.82) is 0 Å². The number of hydrogen-bond donors (Lipinski definition) is 2. The second-order valence-electron chi connectivity index (χ2n) is 7.68. The van der Waals surface area contributed by atoms with E-state index in [1.807, 2.05) is 24.1 Å². The number of anilines is 1. The molecule has 1 atom stereocenters. The van der Waals surface area contributed by atoms with E-state index in [0.29, 0.717) is 13.1 Å². The molecule has 0 bridgehead atoms. The molecular formula is C22H31N5O. The van der Waals surface area contributed by atoms with Crippen molar-refractivity contribution in [3.05, 3.63) is 59.4 Å². The van der Waals surface area contributed by atoms with Gasteiger partial charge in [0.05, 0.1) is 6.04 Å². The van der Waals surface area contributed by atoms with Crippen LogP contribution in [-0.2, 0) is 6.54 Å². The first-order chi connectivity index (χ1) is 13.5. The molecule has 1 fully saturated rings. The molecule has 1 aromatic heterocycles. The van der Waals surface area contributed by atoms with Crippen molar-refractivity contribution in [3.8, 4) is 0 Å². The molecule has 0 saturated carbocycles. The Morgan fingerprint density at radius 3 is 2.71 bits per heavy atom. The van der Waals surface area contributed by atoms with E-state index in [4.69, 9.17) is 0 Å². The van der Waals surface area contributed by atoms with Gasteiger partial charge in [-0.25, -0.2) is 4.79 Å². The lowest BCUT2D eigenvalue weighted by molar-refractivity contribution is 0.193. The van der Waals surface area contributed by atoms with E-state index in [0.717, 1.165) is 37.2 Å². The molecule has 6 nitrogen and oxygen atoms in total. The monoisotopic (exact) mass is 381 g/mol. The Kier molecular flexibility index (Phi) is 6.87. The van der Waals surface area contributed by atoms with E-state index >= 15 is 0 Å². The van der Waals surface area contributed by atoms with Gasteiger partial charge in [0.25, 0.3) is 0 Å². The number of nitrogens with zero attached hydrogens (tertiary/aromatic N) is 3. The lowest BCUT2D eigenvalue weighted by atomic mass is 10.0. The van der Waals surface area contributed by atoms with Crippen LogP contribution in [0.5, 0.6) is 0 Å². The van der Waals surface area contributed by atoms with Gasteiger partial charge in [-0.2, -0.15) is 0 Å². The summed E-state index contributed by atoms with van der Waals surface area (Å²) in [7, 11) is 4.14. The number of carbonyl (C=O) groups excluding carboxylic acids is 1. The molecule has 0 radical (unpaired) electrons. The van der Waals surface area contributed by atoms with Crippen LogP contribution < -0.4 is 10.6 Å². The highest BCUT2D eigenvalue weighted by Gasteiger charge is 2.29. The summed E-state index contributed by atoms with van der Waals surface area (Å²) in [6, 6.07) is 10.8. The summed E-state index contributed by atoms with van der Waals surface area (Å²) in [5.74, 6) is 0. The van der Waals surface area contributed by atoms with Crippen molar-refractivity contribution in [2.75, 3.05) is 39.0 Å². The minimum Gasteiger partial charge on any atom is -0.383 e. The van der Waals surface area contributed by atoms with Crippen molar-refractivity contribution in [2.24, 2.45) is 0 Å². The molecule has 1 saturated heterocycles. The molecule has 6 heteroatoms. The number of aryl methyl sites for hydroxylation is 1. The molecule has 3 rings (SSSR count). The van der Waals surface area contributed by atoms with Gasteiger partial charge in [-0.05, 0) is 56.6 Å². The van der Waals surface area contributed by atoms with E-state index in [2.05, 4.69) is 58.9 Å². The second kappa shape index (κ2) is 9.55. The molecule has 150 valence electrons. The Labute approximate surface area is 167 Å². The zero-order chi connectivity index (χ0) is 19.9. The third-order valence-corrected chi connectivity index (χ3v) is 5.11. The zero-order valence-electron chi connectivity index (χ0n) is 17.1. The normalized spacial score (nSPS) is 16.4. The summed E-state index contributed by atoms with van der Waals surface area (Å²) in [5.41, 5.74) is 4.67. The molecule has 0 aliphatic carbocycles. The third kappa shape index (κ3) is 5.23. The highest BCUT2D eigenvalue weighted by molar-refractivity contribution is 5.75. The smallest absolute Gasteiger partial charge is 0.317 e. The van der Waals surface area contributed by atoms with E-state index in [1.165, 1.54) is 11.1 Å². The number of carbonyl (C=O) groups is 1. The van der Waals surface area contributed by atoms with Crippen LogP contribution in [-0.4, -0.2) is 54.5 Å². The molecule has 2 N–H and O–H groups in total. The lowest BCUT2D eigenvalue weighted by Gasteiger charge is -2.26. The maximum atomic E-state index is 12.7. The van der Waals surface area contributed by atoms with E-state index in [1.54, 1.807) is 6.20 Å². The van der Waals surface area contributed by atoms with Crippen LogP contribution in [0, 0.1) is 6.92 Å². The van der Waals surface area contributed by atoms with Crippen molar-refractivity contribution >= 4 is 11.7 Å². The summed E-state index contributed by atoms with van der Waals surface area (Å²) in [4.78, 5) is 20.9. The van der Waals surface area contributed by atoms with Gasteiger partial charge < -0.3 is 20.4 Å². The maximum absolute atomic E-state index is 12.7. The topological polar surface area (TPSA) is 60.5 Å². The van der Waals surface area contributed by atoms with Gasteiger partial charge in [-0.3, -0.25) is 4.98 Å². The van der Waals surface area contributed by atoms with Crippen molar-refractivity contribution < 1.29 is 4.79 Å². The second-order valence-corrected chi connectivity index (χ2v) is 7.68. The minimum atomic E-state index is 0.0214. The summed E-state index contributed by atoms with van der Waals surface area (Å²) < 4.78 is 0. The molecular weight excluding hydrogens is 350 g/mol. The number of likely N-dealkylation sites (tertiary alicyclic amines) is 1. The number of urea groups is 1. The first-order valence-corrected chi connectivity index (χ1v) is 9.97. The summed E-state index contributed by atoms with van der Waals surface area (Å²) in [6.07, 6.45) is 5.67. The predicted molar refractivity (Wildman–Crippen MR) is 113 cm³/mol. The van der Waals surface area contributed by atoms with Crippen LogP contribution in [0.25, 0.3) is 0 Å². The van der Waals surface area contributed by atoms with Crippen LogP contribution in [0.4, 0.5) is 10.5 Å². The van der Waals surface area contributed by atoms with Gasteiger partial charge in [-0.1, -0.05) is 24.3 Å². The Bertz CT molecular complexity index is 775. The van der Waals surface area contributed by atoms with Gasteiger partial charge in [0.2, 0.25) is 0 Å². The Hall–Kier alpha value is -2.60. The molecule has 2 aromatic rings. The Morgan fingerprint density at radius 1 is 1.21 bits per heavy atom. The summed E-state index contributed by atoms with van der Waals surface area (Å²) in [5, 5.41) is 6.40. The standard InChI is InChI=1S/C22H31N5O/c1-17-15-23-11-10-20(17)24-12-13-25-22(28)27-14-4-5-21(27)19-8-6-18(7-9-19)16-26(2)3/h6-11,15,21H,4-5,12-14,16H2,1-3H3,(H,23,24)(H,25,28)/t21-/m0/s1.